The average molecular weight is 415 g/mol. The van der Waals surface area contributed by atoms with E-state index in [1.807, 2.05) is 4.90 Å². The normalized spacial score (nSPS) is 23.3. The standard InChI is InChI=1S/C20H38N4O5/c1-3-21-17(12-16-6-5-10-28-15-16)13-23-19(25)24-9-4-7-18(14-24)29-11-8-22-20(26)27-2/h16-18,21H,3-15H2,1-2H3,(H,22,26)(H,23,25)/t16-,17+,18-/m1/s1. The van der Waals surface area contributed by atoms with E-state index in [0.717, 1.165) is 52.0 Å². The third-order valence-corrected chi connectivity index (χ3v) is 5.44. The summed E-state index contributed by atoms with van der Waals surface area (Å²) < 4.78 is 15.9. The molecule has 2 rings (SSSR count). The third-order valence-electron chi connectivity index (χ3n) is 5.44. The molecule has 2 fully saturated rings. The number of urea groups is 1. The molecule has 168 valence electrons. The number of methoxy groups -OCH3 is 1. The van der Waals surface area contributed by atoms with Gasteiger partial charge in [0.1, 0.15) is 0 Å². The van der Waals surface area contributed by atoms with E-state index in [0.29, 0.717) is 32.2 Å². The van der Waals surface area contributed by atoms with Crippen molar-refractivity contribution in [2.45, 2.75) is 51.2 Å². The number of likely N-dealkylation sites (N-methyl/N-ethyl adjacent to an activating group) is 1. The molecule has 2 heterocycles. The van der Waals surface area contributed by atoms with E-state index in [-0.39, 0.29) is 18.2 Å². The molecule has 0 aliphatic carbocycles. The van der Waals surface area contributed by atoms with Crippen LogP contribution >= 0.6 is 0 Å². The second-order valence-electron chi connectivity index (χ2n) is 7.76. The van der Waals surface area contributed by atoms with Crippen LogP contribution in [0.1, 0.15) is 39.0 Å². The lowest BCUT2D eigenvalue weighted by Gasteiger charge is -2.33. The minimum absolute atomic E-state index is 0.00195. The van der Waals surface area contributed by atoms with Gasteiger partial charge in [0.15, 0.2) is 0 Å². The predicted octanol–water partition coefficient (Wildman–Crippen LogP) is 1.33. The molecule has 0 saturated carbocycles. The molecule has 29 heavy (non-hydrogen) atoms. The number of carbonyl (C=O) groups excluding carboxylic acids is 2. The van der Waals surface area contributed by atoms with Crippen molar-refractivity contribution < 1.29 is 23.8 Å². The predicted molar refractivity (Wildman–Crippen MR) is 110 cm³/mol. The largest absolute Gasteiger partial charge is 0.453 e. The highest BCUT2D eigenvalue weighted by molar-refractivity contribution is 5.74. The summed E-state index contributed by atoms with van der Waals surface area (Å²) >= 11 is 0. The second kappa shape index (κ2) is 13.6. The first kappa shape index (κ1) is 23.7. The Morgan fingerprint density at radius 2 is 2.10 bits per heavy atom. The molecule has 9 heteroatoms. The van der Waals surface area contributed by atoms with Crippen LogP contribution in [0.15, 0.2) is 0 Å². The van der Waals surface area contributed by atoms with Crippen LogP contribution in [0.3, 0.4) is 0 Å². The Bertz CT molecular complexity index is 487. The van der Waals surface area contributed by atoms with Gasteiger partial charge in [0.2, 0.25) is 0 Å². The number of alkyl carbamates (subject to hydrolysis) is 1. The highest BCUT2D eigenvalue weighted by Crippen LogP contribution is 2.19. The van der Waals surface area contributed by atoms with Crippen molar-refractivity contribution in [2.75, 3.05) is 59.7 Å². The number of ether oxygens (including phenoxy) is 3. The van der Waals surface area contributed by atoms with Crippen molar-refractivity contribution in [1.29, 1.82) is 0 Å². The third kappa shape index (κ3) is 9.18. The molecule has 0 unspecified atom stereocenters. The number of likely N-dealkylation sites (tertiary alicyclic amines) is 1. The minimum atomic E-state index is -0.465. The quantitative estimate of drug-likeness (QED) is 0.466. The molecule has 9 nitrogen and oxygen atoms in total. The number of carbonyl (C=O) groups is 2. The van der Waals surface area contributed by atoms with Crippen molar-refractivity contribution in [3.63, 3.8) is 0 Å². The lowest BCUT2D eigenvalue weighted by molar-refractivity contribution is 0.0112. The van der Waals surface area contributed by atoms with Crippen LogP contribution in [0.4, 0.5) is 9.59 Å². The van der Waals surface area contributed by atoms with E-state index in [1.54, 1.807) is 0 Å². The average Bonchev–Trinajstić information content (AvgIpc) is 2.75. The number of piperidine rings is 1. The van der Waals surface area contributed by atoms with E-state index in [1.165, 1.54) is 13.5 Å². The van der Waals surface area contributed by atoms with Crippen LogP contribution in [0.5, 0.6) is 0 Å². The van der Waals surface area contributed by atoms with Gasteiger partial charge < -0.3 is 35.1 Å². The number of hydrogen-bond donors (Lipinski definition) is 3. The van der Waals surface area contributed by atoms with E-state index in [2.05, 4.69) is 27.6 Å². The number of amides is 3. The maximum atomic E-state index is 12.6. The molecule has 0 radical (unpaired) electrons. The van der Waals surface area contributed by atoms with Gasteiger partial charge in [0.05, 0.1) is 19.8 Å². The Balaban J connectivity index is 1.68. The number of hydrogen-bond acceptors (Lipinski definition) is 6. The summed E-state index contributed by atoms with van der Waals surface area (Å²) in [6, 6.07) is 0.227. The van der Waals surface area contributed by atoms with Gasteiger partial charge in [0, 0.05) is 45.4 Å². The summed E-state index contributed by atoms with van der Waals surface area (Å²) in [5.41, 5.74) is 0. The highest BCUT2D eigenvalue weighted by Gasteiger charge is 2.25. The number of rotatable bonds is 10. The van der Waals surface area contributed by atoms with Crippen molar-refractivity contribution >= 4 is 12.1 Å². The molecule has 3 amide bonds. The second-order valence-corrected chi connectivity index (χ2v) is 7.76. The molecule has 3 atom stereocenters. The zero-order chi connectivity index (χ0) is 20.9. The van der Waals surface area contributed by atoms with Crippen LogP contribution in [0.2, 0.25) is 0 Å². The molecule has 0 aromatic carbocycles. The Labute approximate surface area is 174 Å². The van der Waals surface area contributed by atoms with Gasteiger partial charge in [-0.1, -0.05) is 6.92 Å². The van der Waals surface area contributed by atoms with Crippen LogP contribution in [-0.4, -0.2) is 88.8 Å². The van der Waals surface area contributed by atoms with Crippen LogP contribution in [0.25, 0.3) is 0 Å². The summed E-state index contributed by atoms with van der Waals surface area (Å²) in [6.45, 7) is 7.41. The summed E-state index contributed by atoms with van der Waals surface area (Å²) in [7, 11) is 1.33. The minimum Gasteiger partial charge on any atom is -0.453 e. The fourth-order valence-electron chi connectivity index (χ4n) is 3.96. The molecule has 2 aliphatic heterocycles. The number of nitrogens with zero attached hydrogens (tertiary/aromatic N) is 1. The van der Waals surface area contributed by atoms with Crippen molar-refractivity contribution in [3.05, 3.63) is 0 Å². The molecule has 2 aliphatic rings. The van der Waals surface area contributed by atoms with E-state index in [9.17, 15) is 9.59 Å². The lowest BCUT2D eigenvalue weighted by atomic mass is 9.94. The Morgan fingerprint density at radius 3 is 2.83 bits per heavy atom. The molecule has 2 saturated heterocycles. The van der Waals surface area contributed by atoms with Gasteiger partial charge in [-0.2, -0.15) is 0 Å². The fraction of sp³-hybridized carbons (Fsp3) is 0.900. The Kier molecular flexibility index (Phi) is 11.1. The van der Waals surface area contributed by atoms with Crippen molar-refractivity contribution in [2.24, 2.45) is 5.92 Å². The first-order valence-corrected chi connectivity index (χ1v) is 10.9. The van der Waals surface area contributed by atoms with Gasteiger partial charge in [0.25, 0.3) is 0 Å². The van der Waals surface area contributed by atoms with Gasteiger partial charge in [-0.25, -0.2) is 9.59 Å². The Hall–Kier alpha value is -1.58. The summed E-state index contributed by atoms with van der Waals surface area (Å²) in [5.74, 6) is 0.566. The maximum Gasteiger partial charge on any atom is 0.406 e. The SMILES string of the molecule is CCN[C@H](CNC(=O)N1CCC[C@@H](OCCNC(=O)OC)C1)C[C@H]1CCCOC1. The molecule has 0 spiro atoms. The smallest absolute Gasteiger partial charge is 0.406 e. The molecule has 0 bridgehead atoms. The fourth-order valence-corrected chi connectivity index (χ4v) is 3.96. The summed E-state index contributed by atoms with van der Waals surface area (Å²) in [5, 5.41) is 9.17. The monoisotopic (exact) mass is 414 g/mol. The topological polar surface area (TPSA) is 101 Å². The van der Waals surface area contributed by atoms with Crippen molar-refractivity contribution in [1.82, 2.24) is 20.9 Å². The van der Waals surface area contributed by atoms with Crippen molar-refractivity contribution in [3.8, 4) is 0 Å². The first-order chi connectivity index (χ1) is 14.1. The molecular formula is C20H38N4O5. The van der Waals surface area contributed by atoms with Gasteiger partial charge in [-0.15, -0.1) is 0 Å². The van der Waals surface area contributed by atoms with E-state index >= 15 is 0 Å². The summed E-state index contributed by atoms with van der Waals surface area (Å²) in [6.07, 6.45) is 4.72. The molecule has 3 N–H and O–H groups in total. The van der Waals surface area contributed by atoms with Crippen LogP contribution in [-0.2, 0) is 14.2 Å². The van der Waals surface area contributed by atoms with Gasteiger partial charge in [-0.05, 0) is 44.6 Å². The first-order valence-electron chi connectivity index (χ1n) is 10.9. The van der Waals surface area contributed by atoms with E-state index < -0.39 is 6.09 Å². The molecule has 0 aromatic heterocycles. The lowest BCUT2D eigenvalue weighted by Crippen LogP contribution is -2.51. The molecule has 0 aromatic rings. The van der Waals surface area contributed by atoms with Gasteiger partial charge >= 0.3 is 12.1 Å². The highest BCUT2D eigenvalue weighted by atomic mass is 16.5. The summed E-state index contributed by atoms with van der Waals surface area (Å²) in [4.78, 5) is 25.5. The van der Waals surface area contributed by atoms with Gasteiger partial charge in [-0.3, -0.25) is 0 Å². The molecular weight excluding hydrogens is 376 g/mol. The van der Waals surface area contributed by atoms with E-state index in [4.69, 9.17) is 9.47 Å². The zero-order valence-electron chi connectivity index (χ0n) is 17.9. The zero-order valence-corrected chi connectivity index (χ0v) is 17.9. The maximum absolute atomic E-state index is 12.6. The van der Waals surface area contributed by atoms with Crippen LogP contribution in [0, 0.1) is 5.92 Å². The van der Waals surface area contributed by atoms with Crippen LogP contribution < -0.4 is 16.0 Å². The Morgan fingerprint density at radius 1 is 1.24 bits per heavy atom. The number of nitrogens with one attached hydrogen (secondary N) is 3.